The molecular formula is C8H13N3O4. The lowest BCUT2D eigenvalue weighted by Crippen LogP contribution is -2.45. The summed E-state index contributed by atoms with van der Waals surface area (Å²) in [7, 11) is 1.19. The first-order valence-corrected chi connectivity index (χ1v) is 4.06. The van der Waals surface area contributed by atoms with Crippen molar-refractivity contribution in [3.8, 4) is 0 Å². The standard InChI is InChI=1S/C8H13N3O4/c1-15-7(13)3-2-6(12)11-4-5(9)8(10)14/h2-3,5H,4,9H2,1H3,(H2,10,14)(H,11,12)/b3-2+/t5-/m0/s1. The van der Waals surface area contributed by atoms with Gasteiger partial charge in [0, 0.05) is 18.7 Å². The number of nitrogens with two attached hydrogens (primary N) is 2. The van der Waals surface area contributed by atoms with E-state index in [9.17, 15) is 14.4 Å². The van der Waals surface area contributed by atoms with Crippen LogP contribution in [-0.4, -0.2) is 37.5 Å². The number of esters is 1. The van der Waals surface area contributed by atoms with Gasteiger partial charge in [0.05, 0.1) is 7.11 Å². The molecule has 0 aliphatic heterocycles. The second-order valence-electron chi connectivity index (χ2n) is 2.61. The van der Waals surface area contributed by atoms with Crippen LogP contribution in [0.4, 0.5) is 0 Å². The minimum atomic E-state index is -0.944. The van der Waals surface area contributed by atoms with Crippen molar-refractivity contribution < 1.29 is 19.1 Å². The lowest BCUT2D eigenvalue weighted by molar-refractivity contribution is -0.135. The lowest BCUT2D eigenvalue weighted by Gasteiger charge is -2.06. The predicted molar refractivity (Wildman–Crippen MR) is 51.3 cm³/mol. The number of carbonyl (C=O) groups excluding carboxylic acids is 3. The molecule has 0 radical (unpaired) electrons. The van der Waals surface area contributed by atoms with Gasteiger partial charge in [-0.15, -0.1) is 0 Å². The van der Waals surface area contributed by atoms with E-state index in [-0.39, 0.29) is 6.54 Å². The molecule has 0 aromatic heterocycles. The van der Waals surface area contributed by atoms with Gasteiger partial charge >= 0.3 is 5.97 Å². The third kappa shape index (κ3) is 6.22. The first-order chi connectivity index (χ1) is 6.97. The second-order valence-corrected chi connectivity index (χ2v) is 2.61. The number of amides is 2. The van der Waals surface area contributed by atoms with E-state index in [4.69, 9.17) is 11.5 Å². The summed E-state index contributed by atoms with van der Waals surface area (Å²) in [5, 5.41) is 2.28. The van der Waals surface area contributed by atoms with E-state index in [2.05, 4.69) is 10.1 Å². The minimum Gasteiger partial charge on any atom is -0.466 e. The maximum Gasteiger partial charge on any atom is 0.330 e. The smallest absolute Gasteiger partial charge is 0.330 e. The molecule has 0 rings (SSSR count). The Kier molecular flexibility index (Phi) is 5.72. The zero-order valence-corrected chi connectivity index (χ0v) is 8.23. The topological polar surface area (TPSA) is 125 Å². The van der Waals surface area contributed by atoms with Gasteiger partial charge in [-0.25, -0.2) is 4.79 Å². The van der Waals surface area contributed by atoms with E-state index < -0.39 is 23.8 Å². The van der Waals surface area contributed by atoms with Crippen LogP contribution in [0.15, 0.2) is 12.2 Å². The van der Waals surface area contributed by atoms with Gasteiger partial charge in [-0.3, -0.25) is 9.59 Å². The summed E-state index contributed by atoms with van der Waals surface area (Å²) in [6, 6.07) is -0.944. The van der Waals surface area contributed by atoms with Crippen molar-refractivity contribution in [2.45, 2.75) is 6.04 Å². The summed E-state index contributed by atoms with van der Waals surface area (Å²) < 4.78 is 4.26. The van der Waals surface area contributed by atoms with E-state index in [1.807, 2.05) is 0 Å². The van der Waals surface area contributed by atoms with Crippen molar-refractivity contribution in [2.24, 2.45) is 11.5 Å². The molecule has 1 atom stereocenters. The number of hydrogen-bond acceptors (Lipinski definition) is 5. The fourth-order valence-corrected chi connectivity index (χ4v) is 0.582. The molecular weight excluding hydrogens is 202 g/mol. The number of carbonyl (C=O) groups is 3. The third-order valence-electron chi connectivity index (χ3n) is 1.43. The lowest BCUT2D eigenvalue weighted by atomic mass is 10.3. The molecule has 7 heteroatoms. The van der Waals surface area contributed by atoms with Gasteiger partial charge < -0.3 is 21.5 Å². The van der Waals surface area contributed by atoms with Crippen LogP contribution in [0.3, 0.4) is 0 Å². The predicted octanol–water partition coefficient (Wildman–Crippen LogP) is -2.36. The molecule has 15 heavy (non-hydrogen) atoms. The molecule has 0 unspecified atom stereocenters. The summed E-state index contributed by atoms with van der Waals surface area (Å²) in [4.78, 5) is 32.0. The Morgan fingerprint density at radius 3 is 2.47 bits per heavy atom. The number of primary amides is 1. The highest BCUT2D eigenvalue weighted by atomic mass is 16.5. The Hall–Kier alpha value is -1.89. The summed E-state index contributed by atoms with van der Waals surface area (Å²) >= 11 is 0. The molecule has 0 aliphatic rings. The number of nitrogens with one attached hydrogen (secondary N) is 1. The molecule has 0 aromatic carbocycles. The van der Waals surface area contributed by atoms with Gasteiger partial charge in [0.15, 0.2) is 0 Å². The maximum absolute atomic E-state index is 11.0. The van der Waals surface area contributed by atoms with Crippen LogP contribution in [-0.2, 0) is 19.1 Å². The highest BCUT2D eigenvalue weighted by Gasteiger charge is 2.09. The number of rotatable bonds is 5. The molecule has 0 saturated heterocycles. The van der Waals surface area contributed by atoms with Crippen molar-refractivity contribution in [1.29, 1.82) is 0 Å². The van der Waals surface area contributed by atoms with Crippen LogP contribution in [0.2, 0.25) is 0 Å². The Balaban J connectivity index is 3.90. The van der Waals surface area contributed by atoms with Crippen LogP contribution in [0, 0.1) is 0 Å². The molecule has 0 aliphatic carbocycles. The van der Waals surface area contributed by atoms with Crippen molar-refractivity contribution in [2.75, 3.05) is 13.7 Å². The first kappa shape index (κ1) is 13.1. The van der Waals surface area contributed by atoms with E-state index in [0.29, 0.717) is 0 Å². The van der Waals surface area contributed by atoms with Gasteiger partial charge in [0.25, 0.3) is 0 Å². The summed E-state index contributed by atoms with van der Waals surface area (Å²) in [5.41, 5.74) is 10.1. The van der Waals surface area contributed by atoms with E-state index in [1.54, 1.807) is 0 Å². The molecule has 84 valence electrons. The van der Waals surface area contributed by atoms with E-state index in [1.165, 1.54) is 7.11 Å². The fraction of sp³-hybridized carbons (Fsp3) is 0.375. The quantitative estimate of drug-likeness (QED) is 0.349. The number of hydrogen-bond donors (Lipinski definition) is 3. The van der Waals surface area contributed by atoms with Gasteiger partial charge in [-0.05, 0) is 0 Å². The molecule has 7 nitrogen and oxygen atoms in total. The Labute approximate surface area is 86.4 Å². The Bertz CT molecular complexity index is 288. The largest absolute Gasteiger partial charge is 0.466 e. The van der Waals surface area contributed by atoms with Gasteiger partial charge in [-0.1, -0.05) is 0 Å². The Morgan fingerprint density at radius 1 is 1.40 bits per heavy atom. The Morgan fingerprint density at radius 2 is 2.00 bits per heavy atom. The van der Waals surface area contributed by atoms with E-state index >= 15 is 0 Å². The number of ether oxygens (including phenoxy) is 1. The first-order valence-electron chi connectivity index (χ1n) is 4.06. The highest BCUT2D eigenvalue weighted by Crippen LogP contribution is 1.79. The average Bonchev–Trinajstić information content (AvgIpc) is 2.21. The summed E-state index contributed by atoms with van der Waals surface area (Å²) in [5.74, 6) is -1.92. The van der Waals surface area contributed by atoms with Gasteiger partial charge in [0.1, 0.15) is 6.04 Å². The normalized spacial score (nSPS) is 12.1. The molecule has 5 N–H and O–H groups in total. The van der Waals surface area contributed by atoms with Crippen LogP contribution in [0.5, 0.6) is 0 Å². The van der Waals surface area contributed by atoms with Crippen molar-refractivity contribution in [3.05, 3.63) is 12.2 Å². The highest BCUT2D eigenvalue weighted by molar-refractivity contribution is 5.94. The second kappa shape index (κ2) is 6.55. The van der Waals surface area contributed by atoms with Crippen molar-refractivity contribution in [1.82, 2.24) is 5.32 Å². The van der Waals surface area contributed by atoms with Gasteiger partial charge in [-0.2, -0.15) is 0 Å². The molecule has 0 heterocycles. The van der Waals surface area contributed by atoms with Gasteiger partial charge in [0.2, 0.25) is 11.8 Å². The van der Waals surface area contributed by atoms with E-state index in [0.717, 1.165) is 12.2 Å². The monoisotopic (exact) mass is 215 g/mol. The molecule has 0 aromatic rings. The zero-order valence-electron chi connectivity index (χ0n) is 8.23. The fourth-order valence-electron chi connectivity index (χ4n) is 0.582. The molecule has 0 saturated carbocycles. The van der Waals surface area contributed by atoms with Crippen molar-refractivity contribution >= 4 is 17.8 Å². The van der Waals surface area contributed by atoms with Crippen LogP contribution in [0.1, 0.15) is 0 Å². The molecule has 0 fully saturated rings. The molecule has 0 spiro atoms. The number of methoxy groups -OCH3 is 1. The minimum absolute atomic E-state index is 0.0837. The van der Waals surface area contributed by atoms with Crippen LogP contribution >= 0.6 is 0 Å². The summed E-state index contributed by atoms with van der Waals surface area (Å²) in [6.45, 7) is -0.0837. The van der Waals surface area contributed by atoms with Crippen LogP contribution < -0.4 is 16.8 Å². The van der Waals surface area contributed by atoms with Crippen molar-refractivity contribution in [3.63, 3.8) is 0 Å². The third-order valence-corrected chi connectivity index (χ3v) is 1.43. The molecule has 2 amide bonds. The van der Waals surface area contributed by atoms with Crippen LogP contribution in [0.25, 0.3) is 0 Å². The SMILES string of the molecule is COC(=O)/C=C/C(=O)NC[C@H](N)C(N)=O. The molecule has 0 bridgehead atoms. The average molecular weight is 215 g/mol. The maximum atomic E-state index is 11.0. The summed E-state index contributed by atoms with van der Waals surface area (Å²) in [6.07, 6.45) is 1.92. The zero-order chi connectivity index (χ0) is 11.8.